The number of nitrogens with zero attached hydrogens (tertiary/aromatic N) is 4. The lowest BCUT2D eigenvalue weighted by Crippen LogP contribution is -2.77. The van der Waals surface area contributed by atoms with Gasteiger partial charge in [0.1, 0.15) is 0 Å². The maximum absolute atomic E-state index is 4.64. The van der Waals surface area contributed by atoms with E-state index in [2.05, 4.69) is 80.0 Å². The molecule has 0 rings (SSSR count). The van der Waals surface area contributed by atoms with Crippen molar-refractivity contribution in [3.05, 3.63) is 0 Å². The molecule has 0 aliphatic rings. The Morgan fingerprint density at radius 3 is 0.733 bits per heavy atom. The molecular formula is C8H29N5Si2. The summed E-state index contributed by atoms with van der Waals surface area (Å²) in [5.41, 5.74) is 0. The number of rotatable bonds is 4. The van der Waals surface area contributed by atoms with Crippen LogP contribution in [0, 0.1) is 0 Å². The molecule has 0 radical (unpaired) electrons. The molecule has 0 atom stereocenters. The van der Waals surface area contributed by atoms with Gasteiger partial charge in [0.2, 0.25) is 0 Å². The predicted molar refractivity (Wildman–Crippen MR) is 74.6 cm³/mol. The van der Waals surface area contributed by atoms with Gasteiger partial charge in [0, 0.05) is 0 Å². The first-order chi connectivity index (χ1) is 6.77. The third-order valence-corrected chi connectivity index (χ3v) is 7.20. The monoisotopic (exact) mass is 251 g/mol. The van der Waals surface area contributed by atoms with Gasteiger partial charge in [-0.05, 0) is 56.4 Å². The maximum Gasteiger partial charge on any atom is 0.375 e. The van der Waals surface area contributed by atoms with Gasteiger partial charge in [-0.15, -0.1) is 0 Å². The molecule has 0 fully saturated rings. The summed E-state index contributed by atoms with van der Waals surface area (Å²) < 4.78 is 9.31. The standard InChI is InChI=1S/C8H24N4Si.H5NSi/c1-9(2)13(10(3)4,11(5)6)12(7)8;1-2/h1-8H3;1H2,2H3. The second-order valence-corrected chi connectivity index (χ2v) is 8.96. The zero-order valence-corrected chi connectivity index (χ0v) is 14.9. The lowest BCUT2D eigenvalue weighted by molar-refractivity contribution is 0.294. The van der Waals surface area contributed by atoms with E-state index in [1.54, 1.807) is 0 Å². The van der Waals surface area contributed by atoms with Crippen molar-refractivity contribution in [1.82, 2.24) is 18.3 Å². The van der Waals surface area contributed by atoms with Crippen LogP contribution in [0.25, 0.3) is 0 Å². The van der Waals surface area contributed by atoms with E-state index in [9.17, 15) is 0 Å². The SMILES string of the molecule is CN(C)[Si](N(C)C)(N(C)C)N(C)C.N[SiH3]. The van der Waals surface area contributed by atoms with Crippen molar-refractivity contribution in [2.45, 2.75) is 0 Å². The van der Waals surface area contributed by atoms with Crippen LogP contribution in [0.1, 0.15) is 0 Å². The molecule has 2 N–H and O–H groups in total. The molecule has 0 aromatic carbocycles. The Bertz CT molecular complexity index is 124. The molecule has 7 heteroatoms. The highest BCUT2D eigenvalue weighted by Crippen LogP contribution is 2.14. The first-order valence-electron chi connectivity index (χ1n) is 5.05. The van der Waals surface area contributed by atoms with Crippen LogP contribution in [0.2, 0.25) is 0 Å². The molecule has 15 heavy (non-hydrogen) atoms. The first-order valence-corrected chi connectivity index (χ1v) is 7.99. The van der Waals surface area contributed by atoms with Crippen LogP contribution in [-0.4, -0.2) is 93.8 Å². The van der Waals surface area contributed by atoms with Crippen molar-refractivity contribution in [3.63, 3.8) is 0 Å². The van der Waals surface area contributed by atoms with Gasteiger partial charge in [-0.3, -0.25) is 18.3 Å². The molecule has 0 aliphatic carbocycles. The van der Waals surface area contributed by atoms with Crippen LogP contribution in [0.15, 0.2) is 0 Å². The third-order valence-electron chi connectivity index (χ3n) is 2.40. The van der Waals surface area contributed by atoms with Gasteiger partial charge in [0.25, 0.3) is 0 Å². The molecule has 0 aromatic rings. The van der Waals surface area contributed by atoms with E-state index in [-0.39, 0.29) is 0 Å². The summed E-state index contributed by atoms with van der Waals surface area (Å²) in [5, 5.41) is 4.64. The number of hydrogen-bond acceptors (Lipinski definition) is 5. The Balaban J connectivity index is 0. The van der Waals surface area contributed by atoms with E-state index in [0.717, 1.165) is 10.4 Å². The molecule has 0 unspecified atom stereocenters. The minimum Gasteiger partial charge on any atom is -0.358 e. The average Bonchev–Trinajstić information content (AvgIpc) is 2.05. The molecular weight excluding hydrogens is 222 g/mol. The van der Waals surface area contributed by atoms with Crippen molar-refractivity contribution >= 4 is 19.1 Å². The summed E-state index contributed by atoms with van der Waals surface area (Å²) in [5.74, 6) is 0. The summed E-state index contributed by atoms with van der Waals surface area (Å²) in [6.07, 6.45) is 0. The van der Waals surface area contributed by atoms with E-state index in [1.165, 1.54) is 0 Å². The molecule has 0 aromatic heterocycles. The summed E-state index contributed by atoms with van der Waals surface area (Å²) in [6.45, 7) is 0. The van der Waals surface area contributed by atoms with Crippen molar-refractivity contribution < 1.29 is 0 Å². The molecule has 0 spiro atoms. The van der Waals surface area contributed by atoms with Crippen molar-refractivity contribution in [3.8, 4) is 0 Å². The Labute approximate surface area is 99.6 Å². The minimum atomic E-state index is -1.77. The zero-order valence-electron chi connectivity index (χ0n) is 11.9. The molecule has 0 saturated carbocycles. The quantitative estimate of drug-likeness (QED) is 0.579. The number of nitrogens with two attached hydrogens (primary N) is 1. The molecule has 0 saturated heterocycles. The number of hydrogen-bond donors (Lipinski definition) is 1. The predicted octanol–water partition coefficient (Wildman–Crippen LogP) is -2.11. The minimum absolute atomic E-state index is 0.806. The fraction of sp³-hybridized carbons (Fsp3) is 1.00. The first kappa shape index (κ1) is 17.6. The summed E-state index contributed by atoms with van der Waals surface area (Å²) in [4.78, 5) is 0. The molecule has 0 aliphatic heterocycles. The van der Waals surface area contributed by atoms with Crippen LogP contribution in [0.5, 0.6) is 0 Å². The Hall–Kier alpha value is 0.234. The Morgan fingerprint density at radius 2 is 0.733 bits per heavy atom. The van der Waals surface area contributed by atoms with E-state index >= 15 is 0 Å². The van der Waals surface area contributed by atoms with Gasteiger partial charge in [0.05, 0.1) is 10.4 Å². The summed E-state index contributed by atoms with van der Waals surface area (Å²) in [6, 6.07) is 0. The highest BCUT2D eigenvalue weighted by Gasteiger charge is 2.45. The molecule has 0 heterocycles. The highest BCUT2D eigenvalue weighted by molar-refractivity contribution is 6.68. The van der Waals surface area contributed by atoms with Crippen LogP contribution < -0.4 is 5.40 Å². The second-order valence-electron chi connectivity index (χ2n) is 4.18. The van der Waals surface area contributed by atoms with Gasteiger partial charge in [-0.25, -0.2) is 0 Å². The molecule has 0 amide bonds. The fourth-order valence-electron chi connectivity index (χ4n) is 2.40. The van der Waals surface area contributed by atoms with Crippen LogP contribution in [0.3, 0.4) is 0 Å². The largest absolute Gasteiger partial charge is 0.375 e. The molecule has 94 valence electrons. The van der Waals surface area contributed by atoms with Gasteiger partial charge in [-0.1, -0.05) is 0 Å². The topological polar surface area (TPSA) is 39.0 Å². The van der Waals surface area contributed by atoms with E-state index in [1.807, 2.05) is 0 Å². The van der Waals surface area contributed by atoms with Gasteiger partial charge in [-0.2, -0.15) is 0 Å². The molecule has 0 bridgehead atoms. The Kier molecular flexibility index (Phi) is 8.81. The lowest BCUT2D eigenvalue weighted by atomic mass is 11.2. The Morgan fingerprint density at radius 1 is 0.600 bits per heavy atom. The fourth-order valence-corrected chi connectivity index (χ4v) is 7.20. The normalized spacial score (nSPS) is 12.6. The van der Waals surface area contributed by atoms with Crippen molar-refractivity contribution in [2.24, 2.45) is 5.40 Å². The van der Waals surface area contributed by atoms with Gasteiger partial charge < -0.3 is 5.40 Å². The van der Waals surface area contributed by atoms with Crippen LogP contribution in [-0.2, 0) is 0 Å². The van der Waals surface area contributed by atoms with Crippen LogP contribution in [0.4, 0.5) is 0 Å². The average molecular weight is 252 g/mol. The van der Waals surface area contributed by atoms with E-state index < -0.39 is 8.72 Å². The smallest absolute Gasteiger partial charge is 0.358 e. The second kappa shape index (κ2) is 7.50. The van der Waals surface area contributed by atoms with Gasteiger partial charge in [0.15, 0.2) is 0 Å². The summed E-state index contributed by atoms with van der Waals surface area (Å²) >= 11 is 0. The summed E-state index contributed by atoms with van der Waals surface area (Å²) in [7, 11) is 16.2. The third kappa shape index (κ3) is 3.63. The van der Waals surface area contributed by atoms with E-state index in [4.69, 9.17) is 0 Å². The van der Waals surface area contributed by atoms with Crippen LogP contribution >= 0.6 is 0 Å². The lowest BCUT2D eigenvalue weighted by Gasteiger charge is -2.49. The van der Waals surface area contributed by atoms with Gasteiger partial charge >= 0.3 is 8.72 Å². The van der Waals surface area contributed by atoms with Crippen molar-refractivity contribution in [2.75, 3.05) is 56.4 Å². The zero-order chi connectivity index (χ0) is 12.8. The highest BCUT2D eigenvalue weighted by atomic mass is 28.4. The van der Waals surface area contributed by atoms with Crippen molar-refractivity contribution in [1.29, 1.82) is 0 Å². The molecule has 5 nitrogen and oxygen atoms in total. The van der Waals surface area contributed by atoms with E-state index in [0.29, 0.717) is 0 Å². The maximum atomic E-state index is 4.64.